The van der Waals surface area contributed by atoms with Crippen LogP contribution in [-0.2, 0) is 40.3 Å². The minimum atomic E-state index is -0.785. The molecule has 8 nitrogen and oxygen atoms in total. The Morgan fingerprint density at radius 3 is 1.15 bits per heavy atom. The Morgan fingerprint density at radius 2 is 0.773 bits per heavy atom. The molecule has 0 aliphatic carbocycles. The van der Waals surface area contributed by atoms with Crippen molar-refractivity contribution in [3.8, 4) is 90.1 Å². The van der Waals surface area contributed by atoms with Gasteiger partial charge in [-0.15, -0.1) is 0 Å². The third-order valence-electron chi connectivity index (χ3n) is 13.1. The molecule has 75 heavy (non-hydrogen) atoms. The molecule has 0 atom stereocenters. The molecule has 0 aliphatic rings. The van der Waals surface area contributed by atoms with Crippen LogP contribution >= 0.6 is 0 Å². The molecule has 10 rings (SSSR count). The molecule has 0 unspecified atom stereocenters. The largest absolute Gasteiger partial charge is 0.481 e. The number of hydrogen-bond donors (Lipinski definition) is 1. The first-order valence-corrected chi connectivity index (χ1v) is 25.5. The Labute approximate surface area is 441 Å². The maximum Gasteiger partial charge on any atom is 0.306 e. The normalized spacial score (nSPS) is 10.8. The minimum Gasteiger partial charge on any atom is -0.481 e. The van der Waals surface area contributed by atoms with Crippen molar-refractivity contribution in [1.82, 2.24) is 19.1 Å². The van der Waals surface area contributed by atoms with Crippen LogP contribution in [0.3, 0.4) is 0 Å². The summed E-state index contributed by atoms with van der Waals surface area (Å²) in [6.07, 6.45) is 1.65. The average molecular weight is 989 g/mol. The summed E-state index contributed by atoms with van der Waals surface area (Å²) in [4.78, 5) is 33.5. The lowest BCUT2D eigenvalue weighted by Crippen LogP contribution is -2.05. The number of aliphatic carboxylic acids is 1. The van der Waals surface area contributed by atoms with Gasteiger partial charge in [-0.05, 0) is 67.0 Å². The number of carbonyl (C=O) groups is 2. The first kappa shape index (κ1) is 52.4. The number of esters is 1. The fraction of sp³-hybridized carbons (Fsp3) is 0.164. The lowest BCUT2D eigenvalue weighted by molar-refractivity contribution is -0.143. The highest BCUT2D eigenvalue weighted by Gasteiger charge is 2.24. The molecule has 376 valence electrons. The highest BCUT2D eigenvalue weighted by molar-refractivity contribution is 5.89. The Balaban J connectivity index is 0.000000197. The van der Waals surface area contributed by atoms with Crippen LogP contribution in [0.1, 0.15) is 52.2 Å². The minimum absolute atomic E-state index is 0. The molecule has 0 saturated heterocycles. The highest BCUT2D eigenvalue weighted by atomic mass is 16.5. The number of carbonyl (C=O) groups excluding carboxylic acids is 1. The molecular weight excluding hydrogens is 925 g/mol. The number of nitrogens with zero attached hydrogens (tertiary/aromatic N) is 4. The summed E-state index contributed by atoms with van der Waals surface area (Å²) < 4.78 is 9.73. The van der Waals surface area contributed by atoms with Gasteiger partial charge >= 0.3 is 11.9 Å². The lowest BCUT2D eigenvalue weighted by Gasteiger charge is -2.14. The van der Waals surface area contributed by atoms with E-state index in [4.69, 9.17) is 19.8 Å². The van der Waals surface area contributed by atoms with Crippen LogP contribution < -0.4 is 0 Å². The molecular formula is C67H64N4O4. The van der Waals surface area contributed by atoms with E-state index in [1.807, 2.05) is 67.6 Å². The monoisotopic (exact) mass is 988 g/mol. The van der Waals surface area contributed by atoms with Crippen molar-refractivity contribution in [3.63, 3.8) is 0 Å². The maximum absolute atomic E-state index is 11.9. The van der Waals surface area contributed by atoms with E-state index in [1.54, 1.807) is 0 Å². The van der Waals surface area contributed by atoms with Gasteiger partial charge in [0.1, 0.15) is 11.6 Å². The predicted molar refractivity (Wildman–Crippen MR) is 307 cm³/mol. The second kappa shape index (κ2) is 25.2. The molecule has 0 radical (unpaired) electrons. The van der Waals surface area contributed by atoms with Crippen molar-refractivity contribution >= 4 is 11.9 Å². The van der Waals surface area contributed by atoms with Gasteiger partial charge in [0.2, 0.25) is 0 Å². The zero-order valence-electron chi connectivity index (χ0n) is 42.2. The number of rotatable bonds is 17. The van der Waals surface area contributed by atoms with Crippen LogP contribution in [0.15, 0.2) is 218 Å². The van der Waals surface area contributed by atoms with Gasteiger partial charge in [0.25, 0.3) is 0 Å². The van der Waals surface area contributed by atoms with Gasteiger partial charge in [0, 0.05) is 59.3 Å². The number of carboxylic acid groups (broad SMARTS) is 1. The van der Waals surface area contributed by atoms with Gasteiger partial charge in [0.05, 0.1) is 29.4 Å². The molecule has 0 saturated carbocycles. The first-order chi connectivity index (χ1) is 36.3. The van der Waals surface area contributed by atoms with Crippen LogP contribution in [0.5, 0.6) is 0 Å². The highest BCUT2D eigenvalue weighted by Crippen LogP contribution is 2.41. The summed E-state index contributed by atoms with van der Waals surface area (Å²) in [6.45, 7) is 8.13. The molecule has 10 aromatic rings. The number of carboxylic acids is 1. The summed E-state index contributed by atoms with van der Waals surface area (Å²) in [6, 6.07) is 75.0. The van der Waals surface area contributed by atoms with E-state index in [2.05, 4.69) is 181 Å². The van der Waals surface area contributed by atoms with Gasteiger partial charge in [-0.1, -0.05) is 226 Å². The Hall–Kier alpha value is -8.88. The van der Waals surface area contributed by atoms with E-state index in [9.17, 15) is 9.59 Å². The first-order valence-electron chi connectivity index (χ1n) is 25.5. The van der Waals surface area contributed by atoms with Crippen LogP contribution in [0.4, 0.5) is 0 Å². The standard InChI is InChI=1S/C34H32N2O2.C32H28N2O2.CH4/c1-3-36-33(27-17-9-6-10-18-27)32(26-15-7-5-8-16-26)35-34(36)30-21-12-11-20-29(30)28-19-13-14-25(24-28)22-23-31(37)38-4-2;1-2-34-31(25-15-7-4-8-16-25)30(24-13-5-3-6-14-24)33-32(34)28-19-10-9-18-27(28)26-17-11-12-23(22-26)20-21-29(35)36;/h5-21,24H,3-4,22-23H2,1-2H3;3-19,22H,2,20-21H2,1H3,(H,35,36);1H4. The fourth-order valence-corrected chi connectivity index (χ4v) is 9.68. The molecule has 0 amide bonds. The van der Waals surface area contributed by atoms with Crippen LogP contribution in [0.25, 0.3) is 90.1 Å². The van der Waals surface area contributed by atoms with E-state index < -0.39 is 5.97 Å². The lowest BCUT2D eigenvalue weighted by atomic mass is 9.96. The average Bonchev–Trinajstić information content (AvgIpc) is 4.06. The molecule has 8 heteroatoms. The van der Waals surface area contributed by atoms with Crippen molar-refractivity contribution < 1.29 is 19.4 Å². The van der Waals surface area contributed by atoms with Crippen molar-refractivity contribution in [1.29, 1.82) is 0 Å². The zero-order chi connectivity index (χ0) is 51.2. The van der Waals surface area contributed by atoms with E-state index in [0.29, 0.717) is 25.9 Å². The third kappa shape index (κ3) is 12.2. The zero-order valence-corrected chi connectivity index (χ0v) is 42.2. The molecule has 0 bridgehead atoms. The maximum atomic E-state index is 11.9. The number of ether oxygens (including phenoxy) is 1. The Morgan fingerprint density at radius 1 is 0.427 bits per heavy atom. The van der Waals surface area contributed by atoms with Gasteiger partial charge in [0.15, 0.2) is 0 Å². The second-order valence-corrected chi connectivity index (χ2v) is 17.9. The molecule has 0 fully saturated rings. The Kier molecular flexibility index (Phi) is 17.6. The SMILES string of the molecule is C.CCOC(=O)CCc1cccc(-c2ccccc2-c2nc(-c3ccccc3)c(-c3ccccc3)n2CC)c1.CCn1c(-c2ccccc2-c2cccc(CCC(=O)O)c2)nc(-c2ccccc2)c1-c1ccccc1. The van der Waals surface area contributed by atoms with Gasteiger partial charge < -0.3 is 19.0 Å². The number of hydrogen-bond acceptors (Lipinski definition) is 5. The molecule has 1 N–H and O–H groups in total. The second-order valence-electron chi connectivity index (χ2n) is 17.9. The van der Waals surface area contributed by atoms with Gasteiger partial charge in [-0.25, -0.2) is 9.97 Å². The van der Waals surface area contributed by atoms with Crippen molar-refractivity contribution in [2.24, 2.45) is 0 Å². The van der Waals surface area contributed by atoms with Crippen molar-refractivity contribution in [2.75, 3.05) is 6.61 Å². The molecule has 0 spiro atoms. The van der Waals surface area contributed by atoms with Gasteiger partial charge in [-0.2, -0.15) is 0 Å². The topological polar surface area (TPSA) is 99.2 Å². The predicted octanol–water partition coefficient (Wildman–Crippen LogP) is 16.3. The van der Waals surface area contributed by atoms with Crippen molar-refractivity contribution in [3.05, 3.63) is 230 Å². The summed E-state index contributed by atoms with van der Waals surface area (Å²) in [5, 5.41) is 9.12. The number of aromatic nitrogens is 4. The molecule has 2 heterocycles. The summed E-state index contributed by atoms with van der Waals surface area (Å²) in [7, 11) is 0. The molecule has 2 aromatic heterocycles. The molecule has 0 aliphatic heterocycles. The smallest absolute Gasteiger partial charge is 0.306 e. The Bertz CT molecular complexity index is 3470. The van der Waals surface area contributed by atoms with Crippen LogP contribution in [0.2, 0.25) is 0 Å². The van der Waals surface area contributed by atoms with Crippen molar-refractivity contribution in [2.45, 2.75) is 67.0 Å². The van der Waals surface area contributed by atoms with E-state index in [-0.39, 0.29) is 19.8 Å². The summed E-state index contributed by atoms with van der Waals surface area (Å²) in [5.41, 5.74) is 17.2. The van der Waals surface area contributed by atoms with Crippen LogP contribution in [0, 0.1) is 0 Å². The third-order valence-corrected chi connectivity index (χ3v) is 13.1. The summed E-state index contributed by atoms with van der Waals surface area (Å²) in [5.74, 6) is 0.914. The quantitative estimate of drug-likeness (QED) is 0.0913. The number of imidazole rings is 2. The van der Waals surface area contributed by atoms with Gasteiger partial charge in [-0.3, -0.25) is 9.59 Å². The number of aryl methyl sites for hydroxylation is 2. The van der Waals surface area contributed by atoms with E-state index >= 15 is 0 Å². The summed E-state index contributed by atoms with van der Waals surface area (Å²) >= 11 is 0. The van der Waals surface area contributed by atoms with E-state index in [0.717, 1.165) is 114 Å². The molecule has 8 aromatic carbocycles. The van der Waals surface area contributed by atoms with Crippen LogP contribution in [-0.4, -0.2) is 42.8 Å². The van der Waals surface area contributed by atoms with E-state index in [1.165, 1.54) is 0 Å². The fourth-order valence-electron chi connectivity index (χ4n) is 9.68. The number of benzene rings is 8.